The van der Waals surface area contributed by atoms with E-state index < -0.39 is 10.0 Å². The van der Waals surface area contributed by atoms with E-state index in [1.807, 2.05) is 0 Å². The fraction of sp³-hybridized carbons (Fsp3) is 0.667. The molecule has 1 unspecified atom stereocenters. The molecular formula is C12H19ClN2O2S2. The first-order valence-corrected chi connectivity index (χ1v) is 9.50. The molecule has 19 heavy (non-hydrogen) atoms. The topological polar surface area (TPSA) is 58.2 Å². The number of hydrogen-bond acceptors (Lipinski definition) is 4. The summed E-state index contributed by atoms with van der Waals surface area (Å²) in [5, 5.41) is 3.49. The first-order valence-electron chi connectivity index (χ1n) is 6.42. The minimum absolute atomic E-state index is 0.366. The average Bonchev–Trinajstić information content (AvgIpc) is 2.68. The summed E-state index contributed by atoms with van der Waals surface area (Å²) in [6.07, 6.45) is 5.40. The molecule has 4 nitrogen and oxygen atoms in total. The molecule has 1 aromatic heterocycles. The van der Waals surface area contributed by atoms with Gasteiger partial charge in [0.2, 0.25) is 10.0 Å². The molecule has 7 heteroatoms. The van der Waals surface area contributed by atoms with Crippen molar-refractivity contribution in [3.8, 4) is 0 Å². The Morgan fingerprint density at radius 2 is 2.26 bits per heavy atom. The van der Waals surface area contributed by atoms with Crippen LogP contribution in [-0.2, 0) is 16.4 Å². The lowest BCUT2D eigenvalue weighted by Crippen LogP contribution is -2.29. The lowest BCUT2D eigenvalue weighted by molar-refractivity contribution is 0.459. The van der Waals surface area contributed by atoms with Gasteiger partial charge < -0.3 is 5.32 Å². The van der Waals surface area contributed by atoms with Crippen molar-refractivity contribution in [1.82, 2.24) is 10.0 Å². The van der Waals surface area contributed by atoms with Crippen LogP contribution in [0.1, 0.15) is 35.7 Å². The molecule has 0 saturated carbocycles. The van der Waals surface area contributed by atoms with E-state index in [1.165, 1.54) is 23.1 Å². The van der Waals surface area contributed by atoms with Crippen molar-refractivity contribution >= 4 is 33.0 Å². The molecule has 1 aliphatic rings. The summed E-state index contributed by atoms with van der Waals surface area (Å²) in [4.78, 5) is 1.39. The summed E-state index contributed by atoms with van der Waals surface area (Å²) in [6.45, 7) is 1.29. The Balaban J connectivity index is 1.78. The first-order chi connectivity index (χ1) is 8.96. The smallest absolute Gasteiger partial charge is 0.208 e. The minimum Gasteiger partial charge on any atom is -0.310 e. The van der Waals surface area contributed by atoms with Crippen molar-refractivity contribution in [3.05, 3.63) is 20.8 Å². The molecule has 1 atom stereocenters. The Labute approximate surface area is 123 Å². The number of thiophene rings is 1. The zero-order valence-corrected chi connectivity index (χ0v) is 13.3. The minimum atomic E-state index is -3.07. The van der Waals surface area contributed by atoms with Gasteiger partial charge in [0.1, 0.15) is 0 Å². The monoisotopic (exact) mass is 322 g/mol. The maximum absolute atomic E-state index is 10.9. The summed E-state index contributed by atoms with van der Waals surface area (Å²) < 4.78 is 25.2. The van der Waals surface area contributed by atoms with E-state index in [9.17, 15) is 8.42 Å². The molecule has 0 saturated heterocycles. The van der Waals surface area contributed by atoms with E-state index >= 15 is 0 Å². The lowest BCUT2D eigenvalue weighted by Gasteiger charge is -2.23. The molecule has 0 bridgehead atoms. The van der Waals surface area contributed by atoms with Crippen LogP contribution in [0.15, 0.2) is 6.07 Å². The SMILES string of the molecule is CS(=O)(=O)NCCCNC1CCCc2sc(Cl)cc21. The van der Waals surface area contributed by atoms with Crippen LogP contribution in [0.25, 0.3) is 0 Å². The van der Waals surface area contributed by atoms with Crippen LogP contribution in [0, 0.1) is 0 Å². The van der Waals surface area contributed by atoms with Crippen LogP contribution < -0.4 is 10.0 Å². The van der Waals surface area contributed by atoms with Gasteiger partial charge in [0.05, 0.1) is 10.6 Å². The van der Waals surface area contributed by atoms with Crippen LogP contribution in [0.2, 0.25) is 4.34 Å². The maximum atomic E-state index is 10.9. The van der Waals surface area contributed by atoms with Crippen molar-refractivity contribution in [1.29, 1.82) is 0 Å². The quantitative estimate of drug-likeness (QED) is 0.790. The van der Waals surface area contributed by atoms with Crippen molar-refractivity contribution in [2.75, 3.05) is 19.3 Å². The van der Waals surface area contributed by atoms with Crippen LogP contribution >= 0.6 is 22.9 Å². The molecule has 2 rings (SSSR count). The molecule has 1 aromatic rings. The molecule has 0 amide bonds. The van der Waals surface area contributed by atoms with E-state index in [4.69, 9.17) is 11.6 Å². The highest BCUT2D eigenvalue weighted by Gasteiger charge is 2.21. The molecule has 1 heterocycles. The summed E-state index contributed by atoms with van der Waals surface area (Å²) in [5.41, 5.74) is 1.33. The third-order valence-corrected chi connectivity index (χ3v) is 5.26. The van der Waals surface area contributed by atoms with Gasteiger partial charge in [0.25, 0.3) is 0 Å². The first kappa shape index (κ1) is 15.3. The van der Waals surface area contributed by atoms with Gasteiger partial charge in [0.15, 0.2) is 0 Å². The van der Waals surface area contributed by atoms with E-state index in [-0.39, 0.29) is 0 Å². The van der Waals surface area contributed by atoms with Crippen LogP contribution in [0.3, 0.4) is 0 Å². The van der Waals surface area contributed by atoms with E-state index in [1.54, 1.807) is 11.3 Å². The number of halogens is 1. The molecule has 0 radical (unpaired) electrons. The predicted octanol–water partition coefficient (Wildman–Crippen LogP) is 2.31. The van der Waals surface area contributed by atoms with Crippen molar-refractivity contribution in [2.45, 2.75) is 31.7 Å². The molecule has 0 aliphatic heterocycles. The zero-order chi connectivity index (χ0) is 13.9. The van der Waals surface area contributed by atoms with Crippen molar-refractivity contribution in [2.24, 2.45) is 0 Å². The van der Waals surface area contributed by atoms with Gasteiger partial charge >= 0.3 is 0 Å². The van der Waals surface area contributed by atoms with Crippen molar-refractivity contribution in [3.63, 3.8) is 0 Å². The van der Waals surface area contributed by atoms with Gasteiger partial charge in [-0.05, 0) is 43.9 Å². The van der Waals surface area contributed by atoms with E-state index in [0.29, 0.717) is 12.6 Å². The Morgan fingerprint density at radius 1 is 1.47 bits per heavy atom. The standard InChI is InChI=1S/C12H19ClN2O2S2/c1-19(16,17)15-7-3-6-14-10-4-2-5-11-9(10)8-12(13)18-11/h8,10,14-15H,2-7H2,1H3. The summed E-state index contributed by atoms with van der Waals surface area (Å²) in [5.74, 6) is 0. The third-order valence-electron chi connectivity index (χ3n) is 3.19. The van der Waals surface area contributed by atoms with Gasteiger partial charge in [-0.3, -0.25) is 0 Å². The van der Waals surface area contributed by atoms with E-state index in [2.05, 4.69) is 16.1 Å². The summed E-state index contributed by atoms with van der Waals surface area (Å²) in [7, 11) is -3.07. The predicted molar refractivity (Wildman–Crippen MR) is 80.5 cm³/mol. The second-order valence-corrected chi connectivity index (χ2v) is 8.45. The second kappa shape index (κ2) is 6.54. The molecule has 0 aromatic carbocycles. The zero-order valence-electron chi connectivity index (χ0n) is 10.9. The Morgan fingerprint density at radius 3 is 3.00 bits per heavy atom. The Hall–Kier alpha value is -0.140. The fourth-order valence-corrected chi connectivity index (χ4v) is 4.25. The molecule has 0 fully saturated rings. The molecule has 2 N–H and O–H groups in total. The number of nitrogens with one attached hydrogen (secondary N) is 2. The number of rotatable bonds is 6. The molecule has 1 aliphatic carbocycles. The highest BCUT2D eigenvalue weighted by molar-refractivity contribution is 7.88. The van der Waals surface area contributed by atoms with Crippen LogP contribution in [0.5, 0.6) is 0 Å². The van der Waals surface area contributed by atoms with E-state index in [0.717, 1.165) is 30.1 Å². The van der Waals surface area contributed by atoms with Gasteiger partial charge in [0, 0.05) is 17.5 Å². The third kappa shape index (κ3) is 4.72. The summed E-state index contributed by atoms with van der Waals surface area (Å²) >= 11 is 7.74. The molecule has 0 spiro atoms. The maximum Gasteiger partial charge on any atom is 0.208 e. The fourth-order valence-electron chi connectivity index (χ4n) is 2.36. The average molecular weight is 323 g/mol. The van der Waals surface area contributed by atoms with Gasteiger partial charge in [-0.25, -0.2) is 13.1 Å². The molecular weight excluding hydrogens is 304 g/mol. The van der Waals surface area contributed by atoms with Crippen LogP contribution in [0.4, 0.5) is 0 Å². The largest absolute Gasteiger partial charge is 0.310 e. The number of sulfonamides is 1. The van der Waals surface area contributed by atoms with Crippen molar-refractivity contribution < 1.29 is 8.42 Å². The molecule has 108 valence electrons. The Kier molecular flexibility index (Phi) is 5.25. The Bertz CT molecular complexity index is 528. The number of fused-ring (bicyclic) bond motifs is 1. The highest BCUT2D eigenvalue weighted by atomic mass is 35.5. The summed E-state index contributed by atoms with van der Waals surface area (Å²) in [6, 6.07) is 2.43. The normalized spacial score (nSPS) is 19.4. The second-order valence-electron chi connectivity index (χ2n) is 4.85. The number of hydrogen-bond donors (Lipinski definition) is 2. The highest BCUT2D eigenvalue weighted by Crippen LogP contribution is 2.37. The lowest BCUT2D eigenvalue weighted by atomic mass is 9.94. The number of aryl methyl sites for hydroxylation is 1. The van der Waals surface area contributed by atoms with Gasteiger partial charge in [-0.15, -0.1) is 11.3 Å². The van der Waals surface area contributed by atoms with Gasteiger partial charge in [-0.1, -0.05) is 11.6 Å². The van der Waals surface area contributed by atoms with Gasteiger partial charge in [-0.2, -0.15) is 0 Å². The van der Waals surface area contributed by atoms with Crippen LogP contribution in [-0.4, -0.2) is 27.8 Å².